The second-order valence-electron chi connectivity index (χ2n) is 4.46. The molecule has 2 rings (SSSR count). The van der Waals surface area contributed by atoms with Crippen LogP contribution in [0.4, 0.5) is 10.1 Å². The summed E-state index contributed by atoms with van der Waals surface area (Å²) < 4.78 is 13.4. The third-order valence-corrected chi connectivity index (χ3v) is 3.15. The highest BCUT2D eigenvalue weighted by atomic mass is 35.5. The van der Waals surface area contributed by atoms with Crippen LogP contribution < -0.4 is 4.90 Å². The molecule has 0 bridgehead atoms. The molecule has 0 atom stereocenters. The molecule has 0 radical (unpaired) electrons. The molecule has 0 aliphatic rings. The number of nitrogens with zero attached hydrogens (tertiary/aromatic N) is 1. The summed E-state index contributed by atoms with van der Waals surface area (Å²) in [4.78, 5) is 1.92. The molecule has 0 saturated heterocycles. The largest absolute Gasteiger partial charge is 0.392 e. The number of aliphatic hydroxyl groups excluding tert-OH is 1. The van der Waals surface area contributed by atoms with Crippen LogP contribution in [0.25, 0.3) is 0 Å². The minimum atomic E-state index is -0.343. The van der Waals surface area contributed by atoms with Gasteiger partial charge in [-0.2, -0.15) is 0 Å². The van der Waals surface area contributed by atoms with Crippen molar-refractivity contribution < 1.29 is 9.50 Å². The summed E-state index contributed by atoms with van der Waals surface area (Å²) in [6, 6.07) is 12.1. The minimum absolute atomic E-state index is 0.167. The zero-order chi connectivity index (χ0) is 13.8. The van der Waals surface area contributed by atoms with Crippen molar-refractivity contribution >= 4 is 17.3 Å². The number of benzene rings is 2. The molecule has 2 aromatic rings. The van der Waals surface area contributed by atoms with Crippen molar-refractivity contribution in [3.8, 4) is 0 Å². The summed E-state index contributed by atoms with van der Waals surface area (Å²) in [7, 11) is 1.88. The fourth-order valence-electron chi connectivity index (χ4n) is 1.90. The molecule has 2 aromatic carbocycles. The Hall–Kier alpha value is -1.58. The summed E-state index contributed by atoms with van der Waals surface area (Å²) in [5.41, 5.74) is 2.39. The highest BCUT2D eigenvalue weighted by Gasteiger charge is 2.06. The van der Waals surface area contributed by atoms with Crippen LogP contribution in [0.15, 0.2) is 42.5 Å². The Bertz CT molecular complexity index is 557. The number of halogens is 2. The van der Waals surface area contributed by atoms with Crippen LogP contribution in [0.1, 0.15) is 11.1 Å². The highest BCUT2D eigenvalue weighted by Crippen LogP contribution is 2.20. The summed E-state index contributed by atoms with van der Waals surface area (Å²) in [5.74, 6) is -0.343. The maximum Gasteiger partial charge on any atom is 0.125 e. The van der Waals surface area contributed by atoms with Crippen LogP contribution in [-0.4, -0.2) is 12.2 Å². The molecule has 0 amide bonds. The van der Waals surface area contributed by atoms with Gasteiger partial charge in [0.25, 0.3) is 0 Å². The normalized spacial score (nSPS) is 10.5. The van der Waals surface area contributed by atoms with Crippen LogP contribution in [0.5, 0.6) is 0 Å². The summed E-state index contributed by atoms with van der Waals surface area (Å²) in [6.07, 6.45) is 0. The van der Waals surface area contributed by atoms with Crippen molar-refractivity contribution in [3.63, 3.8) is 0 Å². The molecule has 0 unspecified atom stereocenters. The molecule has 100 valence electrons. The predicted molar refractivity (Wildman–Crippen MR) is 75.9 cm³/mol. The first kappa shape index (κ1) is 13.8. The molecule has 19 heavy (non-hydrogen) atoms. The van der Waals surface area contributed by atoms with Gasteiger partial charge >= 0.3 is 0 Å². The standard InChI is InChI=1S/C15H15ClFNO/c1-18(9-11-2-4-13(16)5-3-11)15-7-12(10-19)6-14(17)8-15/h2-8,19H,9-10H2,1H3. The lowest BCUT2D eigenvalue weighted by Gasteiger charge is -2.20. The Morgan fingerprint density at radius 2 is 1.79 bits per heavy atom. The van der Waals surface area contributed by atoms with E-state index in [0.717, 1.165) is 11.3 Å². The predicted octanol–water partition coefficient (Wildman–Crippen LogP) is 3.61. The third kappa shape index (κ3) is 3.69. The molecular formula is C15H15ClFNO. The molecule has 0 heterocycles. The first-order chi connectivity index (χ1) is 9.08. The van der Waals surface area contributed by atoms with E-state index in [9.17, 15) is 4.39 Å². The van der Waals surface area contributed by atoms with Crippen molar-refractivity contribution in [1.82, 2.24) is 0 Å². The van der Waals surface area contributed by atoms with Gasteiger partial charge in [0.05, 0.1) is 6.61 Å². The fourth-order valence-corrected chi connectivity index (χ4v) is 2.03. The SMILES string of the molecule is CN(Cc1ccc(Cl)cc1)c1cc(F)cc(CO)c1. The van der Waals surface area contributed by atoms with E-state index in [1.54, 1.807) is 6.07 Å². The Kier molecular flexibility index (Phi) is 4.40. The van der Waals surface area contributed by atoms with Gasteiger partial charge < -0.3 is 10.0 Å². The average Bonchev–Trinajstić information content (AvgIpc) is 2.40. The minimum Gasteiger partial charge on any atom is -0.392 e. The lowest BCUT2D eigenvalue weighted by atomic mass is 10.1. The number of aliphatic hydroxyl groups is 1. The molecule has 0 aliphatic heterocycles. The maximum absolute atomic E-state index is 13.4. The number of rotatable bonds is 4. The molecular weight excluding hydrogens is 265 g/mol. The Labute approximate surface area is 117 Å². The first-order valence-corrected chi connectivity index (χ1v) is 6.32. The van der Waals surface area contributed by atoms with E-state index >= 15 is 0 Å². The van der Waals surface area contributed by atoms with Gasteiger partial charge in [-0.3, -0.25) is 0 Å². The molecule has 2 nitrogen and oxygen atoms in total. The average molecular weight is 280 g/mol. The van der Waals surface area contributed by atoms with Gasteiger partial charge in [0, 0.05) is 24.3 Å². The summed E-state index contributed by atoms with van der Waals surface area (Å²) >= 11 is 5.83. The lowest BCUT2D eigenvalue weighted by Crippen LogP contribution is -2.16. The molecule has 0 aliphatic carbocycles. The van der Waals surface area contributed by atoms with E-state index in [0.29, 0.717) is 17.1 Å². The maximum atomic E-state index is 13.4. The van der Waals surface area contributed by atoms with E-state index in [-0.39, 0.29) is 12.4 Å². The molecule has 0 fully saturated rings. The van der Waals surface area contributed by atoms with Gasteiger partial charge in [-0.15, -0.1) is 0 Å². The van der Waals surface area contributed by atoms with Crippen LogP contribution in [0.3, 0.4) is 0 Å². The van der Waals surface area contributed by atoms with Gasteiger partial charge in [0.15, 0.2) is 0 Å². The topological polar surface area (TPSA) is 23.5 Å². The van der Waals surface area contributed by atoms with E-state index in [2.05, 4.69) is 0 Å². The zero-order valence-electron chi connectivity index (χ0n) is 10.6. The zero-order valence-corrected chi connectivity index (χ0v) is 11.4. The van der Waals surface area contributed by atoms with Gasteiger partial charge in [0.1, 0.15) is 5.82 Å². The van der Waals surface area contributed by atoms with Gasteiger partial charge in [0.2, 0.25) is 0 Å². The van der Waals surface area contributed by atoms with Crippen LogP contribution in [-0.2, 0) is 13.2 Å². The van der Waals surface area contributed by atoms with Crippen LogP contribution in [0, 0.1) is 5.82 Å². The first-order valence-electron chi connectivity index (χ1n) is 5.94. The fraction of sp³-hybridized carbons (Fsp3) is 0.200. The second kappa shape index (κ2) is 6.04. The Balaban J connectivity index is 2.17. The molecule has 1 N–H and O–H groups in total. The highest BCUT2D eigenvalue weighted by molar-refractivity contribution is 6.30. The summed E-state index contributed by atoms with van der Waals surface area (Å²) in [5, 5.41) is 9.78. The van der Waals surface area contributed by atoms with E-state index < -0.39 is 0 Å². The number of hydrogen-bond donors (Lipinski definition) is 1. The molecule has 0 aromatic heterocycles. The number of hydrogen-bond acceptors (Lipinski definition) is 2. The van der Waals surface area contributed by atoms with E-state index in [1.807, 2.05) is 36.2 Å². The van der Waals surface area contributed by atoms with Crippen molar-refractivity contribution in [3.05, 3.63) is 64.4 Å². The smallest absolute Gasteiger partial charge is 0.125 e. The van der Waals surface area contributed by atoms with Crippen LogP contribution >= 0.6 is 11.6 Å². The quantitative estimate of drug-likeness (QED) is 0.924. The Morgan fingerprint density at radius 3 is 2.42 bits per heavy atom. The third-order valence-electron chi connectivity index (χ3n) is 2.90. The molecule has 4 heteroatoms. The Morgan fingerprint density at radius 1 is 1.11 bits per heavy atom. The van der Waals surface area contributed by atoms with Gasteiger partial charge in [-0.1, -0.05) is 23.7 Å². The van der Waals surface area contributed by atoms with Crippen molar-refractivity contribution in [2.75, 3.05) is 11.9 Å². The number of anilines is 1. The van der Waals surface area contributed by atoms with Gasteiger partial charge in [-0.05, 0) is 41.5 Å². The van der Waals surface area contributed by atoms with Crippen molar-refractivity contribution in [2.45, 2.75) is 13.2 Å². The molecule has 0 saturated carbocycles. The summed E-state index contributed by atoms with van der Waals surface area (Å²) in [6.45, 7) is 0.477. The lowest BCUT2D eigenvalue weighted by molar-refractivity contribution is 0.281. The van der Waals surface area contributed by atoms with Crippen molar-refractivity contribution in [2.24, 2.45) is 0 Å². The molecule has 0 spiro atoms. The second-order valence-corrected chi connectivity index (χ2v) is 4.89. The van der Waals surface area contributed by atoms with E-state index in [1.165, 1.54) is 12.1 Å². The van der Waals surface area contributed by atoms with Crippen molar-refractivity contribution in [1.29, 1.82) is 0 Å². The van der Waals surface area contributed by atoms with E-state index in [4.69, 9.17) is 16.7 Å². The monoisotopic (exact) mass is 279 g/mol. The van der Waals surface area contributed by atoms with Crippen LogP contribution in [0.2, 0.25) is 5.02 Å². The van der Waals surface area contributed by atoms with Gasteiger partial charge in [-0.25, -0.2) is 4.39 Å².